The molecule has 0 bridgehead atoms. The Morgan fingerprint density at radius 2 is 1.90 bits per heavy atom. The first-order valence-corrected chi connectivity index (χ1v) is 7.73. The Labute approximate surface area is 120 Å². The van der Waals surface area contributed by atoms with Crippen LogP contribution in [0.5, 0.6) is 0 Å². The van der Waals surface area contributed by atoms with Crippen molar-refractivity contribution in [2.24, 2.45) is 5.92 Å². The molecular formula is C17H23N3. The molecule has 3 rings (SSSR count). The normalized spacial score (nSPS) is 16.5. The molecule has 1 aromatic carbocycles. The van der Waals surface area contributed by atoms with Crippen LogP contribution in [0.15, 0.2) is 24.3 Å². The van der Waals surface area contributed by atoms with Crippen molar-refractivity contribution in [3.8, 4) is 0 Å². The highest BCUT2D eigenvalue weighted by atomic mass is 14.9. The summed E-state index contributed by atoms with van der Waals surface area (Å²) < 4.78 is 0. The van der Waals surface area contributed by atoms with Crippen molar-refractivity contribution in [2.45, 2.75) is 45.6 Å². The molecule has 1 N–H and O–H groups in total. The lowest BCUT2D eigenvalue weighted by molar-refractivity contribution is 0.455. The fourth-order valence-corrected chi connectivity index (χ4v) is 2.76. The fourth-order valence-electron chi connectivity index (χ4n) is 2.76. The zero-order valence-corrected chi connectivity index (χ0v) is 12.4. The maximum Gasteiger partial charge on any atom is 0.0890 e. The van der Waals surface area contributed by atoms with Crippen molar-refractivity contribution in [3.63, 3.8) is 0 Å². The fraction of sp³-hybridized carbons (Fsp3) is 0.529. The Bertz CT molecular complexity index is 590. The van der Waals surface area contributed by atoms with Crippen molar-refractivity contribution in [2.75, 3.05) is 6.54 Å². The van der Waals surface area contributed by atoms with Crippen LogP contribution in [-0.4, -0.2) is 22.6 Å². The van der Waals surface area contributed by atoms with Gasteiger partial charge in [-0.2, -0.15) is 0 Å². The summed E-state index contributed by atoms with van der Waals surface area (Å²) in [5, 5.41) is 3.69. The predicted molar refractivity (Wildman–Crippen MR) is 82.8 cm³/mol. The van der Waals surface area contributed by atoms with E-state index in [1.165, 1.54) is 19.3 Å². The van der Waals surface area contributed by atoms with Gasteiger partial charge in [0, 0.05) is 12.5 Å². The van der Waals surface area contributed by atoms with Gasteiger partial charge in [-0.25, -0.2) is 9.97 Å². The Morgan fingerprint density at radius 3 is 2.55 bits per heavy atom. The largest absolute Gasteiger partial charge is 0.313 e. The van der Waals surface area contributed by atoms with Crippen molar-refractivity contribution in [1.82, 2.24) is 15.3 Å². The summed E-state index contributed by atoms with van der Waals surface area (Å²) in [7, 11) is 0. The molecule has 3 heteroatoms. The van der Waals surface area contributed by atoms with Gasteiger partial charge in [0.2, 0.25) is 0 Å². The molecule has 0 spiro atoms. The third-order valence-corrected chi connectivity index (χ3v) is 4.10. The highest BCUT2D eigenvalue weighted by Gasteiger charge is 2.31. The van der Waals surface area contributed by atoms with Gasteiger partial charge in [0.25, 0.3) is 0 Å². The number of nitrogens with one attached hydrogen (secondary N) is 1. The third kappa shape index (κ3) is 2.98. The second-order valence-corrected chi connectivity index (χ2v) is 5.85. The topological polar surface area (TPSA) is 37.8 Å². The van der Waals surface area contributed by atoms with E-state index in [0.717, 1.165) is 41.3 Å². The minimum atomic E-state index is 0.573. The first-order chi connectivity index (χ1) is 9.78. The number of benzene rings is 1. The van der Waals surface area contributed by atoms with E-state index in [4.69, 9.17) is 9.97 Å². The Kier molecular flexibility index (Phi) is 3.97. The van der Waals surface area contributed by atoms with E-state index in [1.54, 1.807) is 0 Å². The van der Waals surface area contributed by atoms with Crippen LogP contribution in [0.4, 0.5) is 0 Å². The lowest BCUT2D eigenvalue weighted by Crippen LogP contribution is -2.34. The van der Waals surface area contributed by atoms with Crippen LogP contribution in [0.25, 0.3) is 11.0 Å². The predicted octanol–water partition coefficient (Wildman–Crippen LogP) is 3.26. The zero-order chi connectivity index (χ0) is 13.9. The maximum atomic E-state index is 4.83. The number of nitrogens with zero attached hydrogens (tertiary/aromatic N) is 2. The van der Waals surface area contributed by atoms with Crippen LogP contribution in [0.2, 0.25) is 0 Å². The van der Waals surface area contributed by atoms with Gasteiger partial charge in [-0.05, 0) is 50.8 Å². The van der Waals surface area contributed by atoms with E-state index in [0.29, 0.717) is 6.04 Å². The summed E-state index contributed by atoms with van der Waals surface area (Å²) in [5.74, 6) is 0.842. The summed E-state index contributed by atoms with van der Waals surface area (Å²) in [4.78, 5) is 9.53. The second-order valence-electron chi connectivity index (χ2n) is 5.85. The lowest BCUT2D eigenvalue weighted by atomic mass is 10.0. The highest BCUT2D eigenvalue weighted by Crippen LogP contribution is 2.34. The van der Waals surface area contributed by atoms with Crippen LogP contribution < -0.4 is 5.32 Å². The Morgan fingerprint density at radius 1 is 1.20 bits per heavy atom. The molecule has 1 fully saturated rings. The van der Waals surface area contributed by atoms with Gasteiger partial charge in [-0.15, -0.1) is 0 Å². The highest BCUT2D eigenvalue weighted by molar-refractivity contribution is 5.74. The summed E-state index contributed by atoms with van der Waals surface area (Å²) in [6, 6.07) is 8.71. The molecule has 106 valence electrons. The molecule has 3 nitrogen and oxygen atoms in total. The SMILES string of the molecule is CCCNC(Cc1nc2ccccc2nc1C)C1CC1. The number of fused-ring (bicyclic) bond motifs is 1. The first kappa shape index (κ1) is 13.5. The van der Waals surface area contributed by atoms with Gasteiger partial charge in [0.1, 0.15) is 0 Å². The molecule has 1 heterocycles. The van der Waals surface area contributed by atoms with Gasteiger partial charge in [-0.1, -0.05) is 19.1 Å². The Hall–Kier alpha value is -1.48. The molecule has 1 aromatic heterocycles. The minimum absolute atomic E-state index is 0.573. The molecule has 0 saturated heterocycles. The van der Waals surface area contributed by atoms with Gasteiger partial charge in [0.15, 0.2) is 0 Å². The van der Waals surface area contributed by atoms with E-state index in [-0.39, 0.29) is 0 Å². The van der Waals surface area contributed by atoms with Crippen LogP contribution in [0.3, 0.4) is 0 Å². The van der Waals surface area contributed by atoms with Crippen LogP contribution >= 0.6 is 0 Å². The van der Waals surface area contributed by atoms with Gasteiger partial charge in [-0.3, -0.25) is 0 Å². The van der Waals surface area contributed by atoms with E-state index in [9.17, 15) is 0 Å². The first-order valence-electron chi connectivity index (χ1n) is 7.73. The molecular weight excluding hydrogens is 246 g/mol. The molecule has 1 atom stereocenters. The molecule has 0 radical (unpaired) electrons. The molecule has 1 aliphatic rings. The van der Waals surface area contributed by atoms with Crippen LogP contribution in [0.1, 0.15) is 37.6 Å². The molecule has 0 aliphatic heterocycles. The van der Waals surface area contributed by atoms with E-state index < -0.39 is 0 Å². The number of aromatic nitrogens is 2. The molecule has 1 unspecified atom stereocenters. The van der Waals surface area contributed by atoms with Gasteiger partial charge in [0.05, 0.1) is 22.4 Å². The maximum absolute atomic E-state index is 4.83. The summed E-state index contributed by atoms with van der Waals surface area (Å²) in [5.41, 5.74) is 4.24. The number of hydrogen-bond donors (Lipinski definition) is 1. The van der Waals surface area contributed by atoms with Crippen molar-refractivity contribution in [3.05, 3.63) is 35.7 Å². The third-order valence-electron chi connectivity index (χ3n) is 4.10. The number of rotatable bonds is 6. The second kappa shape index (κ2) is 5.88. The van der Waals surface area contributed by atoms with Crippen LogP contribution in [0, 0.1) is 12.8 Å². The van der Waals surface area contributed by atoms with E-state index in [1.807, 2.05) is 18.2 Å². The monoisotopic (exact) mass is 269 g/mol. The lowest BCUT2D eigenvalue weighted by Gasteiger charge is -2.18. The smallest absolute Gasteiger partial charge is 0.0890 e. The van der Waals surface area contributed by atoms with Gasteiger partial charge < -0.3 is 5.32 Å². The summed E-state index contributed by atoms with van der Waals surface area (Å²) in [6.07, 6.45) is 4.92. The average Bonchev–Trinajstić information content (AvgIpc) is 3.28. The van der Waals surface area contributed by atoms with E-state index in [2.05, 4.69) is 25.2 Å². The number of para-hydroxylation sites is 2. The van der Waals surface area contributed by atoms with Gasteiger partial charge >= 0.3 is 0 Å². The van der Waals surface area contributed by atoms with E-state index >= 15 is 0 Å². The Balaban J connectivity index is 1.83. The molecule has 1 saturated carbocycles. The summed E-state index contributed by atoms with van der Waals surface area (Å²) in [6.45, 7) is 5.40. The van der Waals surface area contributed by atoms with Crippen molar-refractivity contribution >= 4 is 11.0 Å². The molecule has 20 heavy (non-hydrogen) atoms. The van der Waals surface area contributed by atoms with Crippen molar-refractivity contribution < 1.29 is 0 Å². The van der Waals surface area contributed by atoms with Crippen LogP contribution in [-0.2, 0) is 6.42 Å². The minimum Gasteiger partial charge on any atom is -0.313 e. The quantitative estimate of drug-likeness (QED) is 0.874. The average molecular weight is 269 g/mol. The number of aryl methyl sites for hydroxylation is 1. The molecule has 0 amide bonds. The summed E-state index contributed by atoms with van der Waals surface area (Å²) >= 11 is 0. The molecule has 2 aromatic rings. The zero-order valence-electron chi connectivity index (χ0n) is 12.4. The molecule has 1 aliphatic carbocycles. The number of hydrogen-bond acceptors (Lipinski definition) is 3. The van der Waals surface area contributed by atoms with Crippen molar-refractivity contribution in [1.29, 1.82) is 0 Å². The standard InChI is InChI=1S/C17H23N3/c1-3-10-18-17(13-8-9-13)11-16-12(2)19-14-6-4-5-7-15(14)20-16/h4-7,13,17-18H,3,8-11H2,1-2H3.